The van der Waals surface area contributed by atoms with Crippen LogP contribution in [0.1, 0.15) is 0 Å². The Kier molecular flexibility index (Phi) is 2.33. The highest BCUT2D eigenvalue weighted by atomic mass is 19.1. The summed E-state index contributed by atoms with van der Waals surface area (Å²) in [6.45, 7) is 0. The molecule has 3 N–H and O–H groups in total. The minimum absolute atomic E-state index is 0.165. The fourth-order valence-corrected chi connectivity index (χ4v) is 1.39. The topological polar surface area (TPSA) is 45.0 Å². The van der Waals surface area contributed by atoms with Gasteiger partial charge in [-0.3, -0.25) is 0 Å². The van der Waals surface area contributed by atoms with Gasteiger partial charge < -0.3 is 15.6 Å². The maximum atomic E-state index is 13.2. The second kappa shape index (κ2) is 3.65. The Morgan fingerprint density at radius 3 is 2.73 bits per heavy atom. The van der Waals surface area contributed by atoms with Crippen LogP contribution in [-0.2, 0) is 0 Å². The van der Waals surface area contributed by atoms with Gasteiger partial charge in [0.1, 0.15) is 11.6 Å². The number of aromatic nitrogens is 1. The van der Waals surface area contributed by atoms with Gasteiger partial charge in [0.25, 0.3) is 0 Å². The van der Waals surface area contributed by atoms with Crippen molar-refractivity contribution in [3.8, 4) is 0 Å². The number of aromatic amines is 1. The number of H-pyrrole nitrogens is 1. The first-order chi connectivity index (χ1) is 7.18. The molecule has 78 valence electrons. The van der Waals surface area contributed by atoms with Crippen molar-refractivity contribution < 1.29 is 4.39 Å². The average Bonchev–Trinajstić information content (AvgIpc) is 2.74. The van der Waals surface area contributed by atoms with Crippen molar-refractivity contribution in [3.63, 3.8) is 0 Å². The summed E-state index contributed by atoms with van der Waals surface area (Å²) >= 11 is 0. The molecule has 0 aliphatic heterocycles. The number of nitrogens with zero attached hydrogens (tertiary/aromatic N) is 1. The van der Waals surface area contributed by atoms with Crippen LogP contribution in [-0.4, -0.2) is 12.0 Å². The summed E-state index contributed by atoms with van der Waals surface area (Å²) in [6, 6.07) is 8.55. The lowest BCUT2D eigenvalue weighted by molar-refractivity contribution is 0.632. The number of hydrogen-bond donors (Lipinski definition) is 2. The van der Waals surface area contributed by atoms with E-state index in [0.717, 1.165) is 11.5 Å². The molecule has 15 heavy (non-hydrogen) atoms. The molecule has 0 amide bonds. The molecule has 2 aromatic rings. The van der Waals surface area contributed by atoms with E-state index < -0.39 is 5.82 Å². The molecule has 1 heterocycles. The van der Waals surface area contributed by atoms with Gasteiger partial charge in [-0.2, -0.15) is 0 Å². The quantitative estimate of drug-likeness (QED) is 0.740. The van der Waals surface area contributed by atoms with Crippen LogP contribution in [0.4, 0.5) is 21.6 Å². The number of benzene rings is 1. The summed E-state index contributed by atoms with van der Waals surface area (Å²) in [7, 11) is 1.86. The van der Waals surface area contributed by atoms with Gasteiger partial charge in [-0.05, 0) is 30.3 Å². The summed E-state index contributed by atoms with van der Waals surface area (Å²) in [5.41, 5.74) is 6.33. The van der Waals surface area contributed by atoms with Gasteiger partial charge in [0, 0.05) is 18.9 Å². The smallest absolute Gasteiger partial charge is 0.148 e. The average molecular weight is 205 g/mol. The second-order valence-electron chi connectivity index (χ2n) is 3.32. The monoisotopic (exact) mass is 205 g/mol. The van der Waals surface area contributed by atoms with E-state index in [9.17, 15) is 4.39 Å². The van der Waals surface area contributed by atoms with Crippen molar-refractivity contribution in [2.75, 3.05) is 17.7 Å². The molecule has 1 aromatic carbocycles. The second-order valence-corrected chi connectivity index (χ2v) is 3.32. The van der Waals surface area contributed by atoms with Gasteiger partial charge in [-0.1, -0.05) is 0 Å². The number of hydrogen-bond acceptors (Lipinski definition) is 2. The van der Waals surface area contributed by atoms with E-state index in [0.29, 0.717) is 0 Å². The van der Waals surface area contributed by atoms with Crippen molar-refractivity contribution in [1.82, 2.24) is 4.98 Å². The van der Waals surface area contributed by atoms with E-state index >= 15 is 0 Å². The summed E-state index contributed by atoms with van der Waals surface area (Å²) < 4.78 is 13.2. The summed E-state index contributed by atoms with van der Waals surface area (Å²) in [5.74, 6) is 0.505. The third-order valence-corrected chi connectivity index (χ3v) is 2.31. The zero-order valence-corrected chi connectivity index (χ0v) is 8.37. The molecule has 0 saturated carbocycles. The van der Waals surface area contributed by atoms with E-state index in [1.165, 1.54) is 6.07 Å². The number of nitrogens with one attached hydrogen (secondary N) is 1. The molecule has 3 nitrogen and oxygen atoms in total. The van der Waals surface area contributed by atoms with Gasteiger partial charge >= 0.3 is 0 Å². The highest BCUT2D eigenvalue weighted by molar-refractivity contribution is 5.62. The van der Waals surface area contributed by atoms with Crippen LogP contribution in [0.15, 0.2) is 36.5 Å². The number of nitrogen functional groups attached to an aromatic ring is 1. The molecule has 1 aromatic heterocycles. The number of rotatable bonds is 2. The molecule has 4 heteroatoms. The van der Waals surface area contributed by atoms with Gasteiger partial charge in [0.2, 0.25) is 0 Å². The van der Waals surface area contributed by atoms with Crippen molar-refractivity contribution in [3.05, 3.63) is 42.3 Å². The fourth-order valence-electron chi connectivity index (χ4n) is 1.39. The van der Waals surface area contributed by atoms with Crippen LogP contribution >= 0.6 is 0 Å². The molecule has 2 rings (SSSR count). The standard InChI is InChI=1S/C11H12FN3/c1-15(11-3-2-6-14-11)8-4-5-10(13)9(12)7-8/h2-7,14H,13H2,1H3. The lowest BCUT2D eigenvalue weighted by Gasteiger charge is -2.17. The lowest BCUT2D eigenvalue weighted by atomic mass is 10.2. The predicted molar refractivity (Wildman–Crippen MR) is 59.7 cm³/mol. The van der Waals surface area contributed by atoms with Crippen molar-refractivity contribution >= 4 is 17.2 Å². The number of anilines is 3. The molecule has 0 radical (unpaired) electrons. The third-order valence-electron chi connectivity index (χ3n) is 2.31. The maximum absolute atomic E-state index is 13.2. The van der Waals surface area contributed by atoms with E-state index in [4.69, 9.17) is 5.73 Å². The summed E-state index contributed by atoms with van der Waals surface area (Å²) in [4.78, 5) is 4.89. The molecule has 0 atom stereocenters. The highest BCUT2D eigenvalue weighted by Gasteiger charge is 2.06. The molecule has 0 aliphatic carbocycles. The van der Waals surface area contributed by atoms with E-state index in [-0.39, 0.29) is 5.69 Å². The number of nitrogens with two attached hydrogens (primary N) is 1. The first-order valence-electron chi connectivity index (χ1n) is 4.60. The molecular weight excluding hydrogens is 193 g/mol. The first-order valence-corrected chi connectivity index (χ1v) is 4.60. The fraction of sp³-hybridized carbons (Fsp3) is 0.0909. The van der Waals surface area contributed by atoms with Crippen LogP contribution in [0.3, 0.4) is 0 Å². The van der Waals surface area contributed by atoms with Crippen LogP contribution < -0.4 is 10.6 Å². The zero-order chi connectivity index (χ0) is 10.8. The van der Waals surface area contributed by atoms with Gasteiger partial charge in [-0.15, -0.1) is 0 Å². The van der Waals surface area contributed by atoms with Gasteiger partial charge in [0.15, 0.2) is 0 Å². The zero-order valence-electron chi connectivity index (χ0n) is 8.37. The van der Waals surface area contributed by atoms with Crippen LogP contribution in [0.2, 0.25) is 0 Å². The summed E-state index contributed by atoms with van der Waals surface area (Å²) in [6.07, 6.45) is 1.82. The summed E-state index contributed by atoms with van der Waals surface area (Å²) in [5, 5.41) is 0. The van der Waals surface area contributed by atoms with Crippen molar-refractivity contribution in [2.45, 2.75) is 0 Å². The molecular formula is C11H12FN3. The minimum Gasteiger partial charge on any atom is -0.396 e. The normalized spacial score (nSPS) is 10.3. The first kappa shape index (κ1) is 9.58. The Hall–Kier alpha value is -1.97. The van der Waals surface area contributed by atoms with Gasteiger partial charge in [0.05, 0.1) is 5.69 Å². The highest BCUT2D eigenvalue weighted by Crippen LogP contribution is 2.24. The number of halogens is 1. The Balaban J connectivity index is 2.34. The van der Waals surface area contributed by atoms with Crippen LogP contribution in [0.5, 0.6) is 0 Å². The minimum atomic E-state index is -0.397. The molecule has 0 aliphatic rings. The molecule has 0 saturated heterocycles. The maximum Gasteiger partial charge on any atom is 0.148 e. The molecule has 0 fully saturated rings. The molecule has 0 unspecified atom stereocenters. The Labute approximate surface area is 87.3 Å². The lowest BCUT2D eigenvalue weighted by Crippen LogP contribution is -2.10. The van der Waals surface area contributed by atoms with Crippen LogP contribution in [0, 0.1) is 5.82 Å². The van der Waals surface area contributed by atoms with E-state index in [1.54, 1.807) is 12.1 Å². The van der Waals surface area contributed by atoms with E-state index in [2.05, 4.69) is 4.98 Å². The van der Waals surface area contributed by atoms with Crippen molar-refractivity contribution in [2.24, 2.45) is 0 Å². The Morgan fingerprint density at radius 1 is 1.33 bits per heavy atom. The third kappa shape index (κ3) is 1.79. The van der Waals surface area contributed by atoms with E-state index in [1.807, 2.05) is 30.3 Å². The SMILES string of the molecule is CN(c1ccc(N)c(F)c1)c1ccc[nH]1. The van der Waals surface area contributed by atoms with Gasteiger partial charge in [-0.25, -0.2) is 4.39 Å². The van der Waals surface area contributed by atoms with Crippen molar-refractivity contribution in [1.29, 1.82) is 0 Å². The molecule has 0 spiro atoms. The van der Waals surface area contributed by atoms with Crippen LogP contribution in [0.25, 0.3) is 0 Å². The largest absolute Gasteiger partial charge is 0.396 e. The Morgan fingerprint density at radius 2 is 2.13 bits per heavy atom. The predicted octanol–water partition coefficient (Wildman–Crippen LogP) is 2.50. The Bertz CT molecular complexity index is 451. The molecule has 0 bridgehead atoms.